The SMILES string of the molecule is C=C(OCC)[C@@]1(CO)CO1. The van der Waals surface area contributed by atoms with E-state index in [2.05, 4.69) is 6.58 Å². The van der Waals surface area contributed by atoms with Crippen molar-refractivity contribution in [1.29, 1.82) is 0 Å². The Balaban J connectivity index is 2.40. The summed E-state index contributed by atoms with van der Waals surface area (Å²) < 4.78 is 10.1. The molecule has 0 aliphatic carbocycles. The Kier molecular flexibility index (Phi) is 1.97. The first-order valence-corrected chi connectivity index (χ1v) is 3.32. The summed E-state index contributed by atoms with van der Waals surface area (Å²) in [4.78, 5) is 0. The highest BCUT2D eigenvalue weighted by atomic mass is 16.6. The lowest BCUT2D eigenvalue weighted by atomic mass is 10.1. The standard InChI is InChI=1S/C7H12O3/c1-3-9-6(2)7(4-8)5-10-7/h8H,2-5H2,1H3/t7-/m1/s1. The minimum atomic E-state index is -0.560. The molecule has 1 rings (SSSR count). The molecule has 0 aromatic rings. The van der Waals surface area contributed by atoms with Gasteiger partial charge in [-0.3, -0.25) is 0 Å². The molecule has 0 spiro atoms. The lowest BCUT2D eigenvalue weighted by molar-refractivity contribution is 0.118. The summed E-state index contributed by atoms with van der Waals surface area (Å²) in [5.74, 6) is 0.539. The van der Waals surface area contributed by atoms with E-state index in [-0.39, 0.29) is 6.61 Å². The molecule has 0 amide bonds. The van der Waals surface area contributed by atoms with E-state index in [1.54, 1.807) is 0 Å². The Bertz CT molecular complexity index is 138. The third-order valence-corrected chi connectivity index (χ3v) is 1.57. The average molecular weight is 144 g/mol. The maximum atomic E-state index is 8.79. The molecule has 1 atom stereocenters. The van der Waals surface area contributed by atoms with E-state index >= 15 is 0 Å². The van der Waals surface area contributed by atoms with Crippen LogP contribution in [0.5, 0.6) is 0 Å². The molecule has 10 heavy (non-hydrogen) atoms. The van der Waals surface area contributed by atoms with Crippen LogP contribution in [0.1, 0.15) is 6.92 Å². The van der Waals surface area contributed by atoms with E-state index in [4.69, 9.17) is 14.6 Å². The van der Waals surface area contributed by atoms with Gasteiger partial charge in [-0.05, 0) is 6.92 Å². The van der Waals surface area contributed by atoms with E-state index in [9.17, 15) is 0 Å². The lowest BCUT2D eigenvalue weighted by Crippen LogP contribution is -2.21. The van der Waals surface area contributed by atoms with Crippen molar-refractivity contribution in [1.82, 2.24) is 0 Å². The Morgan fingerprint density at radius 3 is 2.80 bits per heavy atom. The first-order valence-electron chi connectivity index (χ1n) is 3.32. The molecule has 0 unspecified atom stereocenters. The van der Waals surface area contributed by atoms with Crippen molar-refractivity contribution in [2.24, 2.45) is 0 Å². The zero-order valence-electron chi connectivity index (χ0n) is 6.09. The Morgan fingerprint density at radius 2 is 2.50 bits per heavy atom. The molecule has 3 nitrogen and oxygen atoms in total. The quantitative estimate of drug-likeness (QED) is 0.455. The zero-order valence-corrected chi connectivity index (χ0v) is 6.09. The number of hydrogen-bond donors (Lipinski definition) is 1. The predicted molar refractivity (Wildman–Crippen MR) is 36.5 cm³/mol. The van der Waals surface area contributed by atoms with Gasteiger partial charge in [0.1, 0.15) is 5.76 Å². The van der Waals surface area contributed by atoms with Gasteiger partial charge in [0, 0.05) is 0 Å². The normalized spacial score (nSPS) is 29.8. The molecular formula is C7H12O3. The highest BCUT2D eigenvalue weighted by Gasteiger charge is 2.48. The zero-order chi connectivity index (χ0) is 7.61. The molecule has 0 radical (unpaired) electrons. The maximum Gasteiger partial charge on any atom is 0.170 e. The van der Waals surface area contributed by atoms with E-state index in [0.29, 0.717) is 19.0 Å². The van der Waals surface area contributed by atoms with Crippen LogP contribution >= 0.6 is 0 Å². The van der Waals surface area contributed by atoms with Gasteiger partial charge in [0.15, 0.2) is 5.60 Å². The molecule has 1 fully saturated rings. The molecular weight excluding hydrogens is 132 g/mol. The first-order chi connectivity index (χ1) is 4.75. The fraction of sp³-hybridized carbons (Fsp3) is 0.714. The van der Waals surface area contributed by atoms with Gasteiger partial charge >= 0.3 is 0 Å². The van der Waals surface area contributed by atoms with Gasteiger partial charge in [0.2, 0.25) is 0 Å². The number of aliphatic hydroxyl groups is 1. The number of epoxide rings is 1. The summed E-state index contributed by atoms with van der Waals surface area (Å²) in [6.07, 6.45) is 0. The highest BCUT2D eigenvalue weighted by molar-refractivity contribution is 5.14. The molecule has 1 aliphatic heterocycles. The van der Waals surface area contributed by atoms with Crippen molar-refractivity contribution in [2.45, 2.75) is 12.5 Å². The highest BCUT2D eigenvalue weighted by Crippen LogP contribution is 2.33. The second kappa shape index (κ2) is 2.60. The number of rotatable bonds is 4. The smallest absolute Gasteiger partial charge is 0.170 e. The van der Waals surface area contributed by atoms with Crippen molar-refractivity contribution in [3.63, 3.8) is 0 Å². The van der Waals surface area contributed by atoms with Gasteiger partial charge in [-0.1, -0.05) is 6.58 Å². The lowest BCUT2D eigenvalue weighted by Gasteiger charge is -2.11. The van der Waals surface area contributed by atoms with Gasteiger partial charge in [-0.15, -0.1) is 0 Å². The minimum absolute atomic E-state index is 0.0359. The summed E-state index contributed by atoms with van der Waals surface area (Å²) in [5.41, 5.74) is -0.560. The Labute approximate surface area is 60.3 Å². The molecule has 1 heterocycles. The summed E-state index contributed by atoms with van der Waals surface area (Å²) in [7, 11) is 0. The third kappa shape index (κ3) is 1.15. The molecule has 0 saturated carbocycles. The minimum Gasteiger partial charge on any atom is -0.496 e. The summed E-state index contributed by atoms with van der Waals surface area (Å²) in [6, 6.07) is 0. The number of aliphatic hydroxyl groups excluding tert-OH is 1. The van der Waals surface area contributed by atoms with Gasteiger partial charge in [0.05, 0.1) is 19.8 Å². The van der Waals surface area contributed by atoms with E-state index in [0.717, 1.165) is 0 Å². The topological polar surface area (TPSA) is 42.0 Å². The van der Waals surface area contributed by atoms with Crippen LogP contribution in [0.25, 0.3) is 0 Å². The van der Waals surface area contributed by atoms with E-state index in [1.165, 1.54) is 0 Å². The molecule has 1 N–H and O–H groups in total. The van der Waals surface area contributed by atoms with Crippen LogP contribution in [0.15, 0.2) is 12.3 Å². The molecule has 58 valence electrons. The van der Waals surface area contributed by atoms with Gasteiger partial charge < -0.3 is 14.6 Å². The van der Waals surface area contributed by atoms with Crippen LogP contribution in [0.2, 0.25) is 0 Å². The Hall–Kier alpha value is -0.540. The molecule has 0 aromatic carbocycles. The fourth-order valence-electron chi connectivity index (χ4n) is 0.733. The van der Waals surface area contributed by atoms with Crippen LogP contribution in [-0.4, -0.2) is 30.5 Å². The average Bonchev–Trinajstić information content (AvgIpc) is 2.68. The van der Waals surface area contributed by atoms with Crippen LogP contribution in [-0.2, 0) is 9.47 Å². The van der Waals surface area contributed by atoms with Gasteiger partial charge in [-0.25, -0.2) is 0 Å². The number of hydrogen-bond acceptors (Lipinski definition) is 3. The molecule has 0 bridgehead atoms. The van der Waals surface area contributed by atoms with Crippen molar-refractivity contribution < 1.29 is 14.6 Å². The predicted octanol–water partition coefficient (Wildman–Crippen LogP) is 0.298. The summed E-state index contributed by atoms with van der Waals surface area (Å²) in [6.45, 7) is 6.58. The Morgan fingerprint density at radius 1 is 1.90 bits per heavy atom. The summed E-state index contributed by atoms with van der Waals surface area (Å²) >= 11 is 0. The molecule has 1 saturated heterocycles. The maximum absolute atomic E-state index is 8.79. The van der Waals surface area contributed by atoms with Gasteiger partial charge in [-0.2, -0.15) is 0 Å². The van der Waals surface area contributed by atoms with Crippen molar-refractivity contribution in [2.75, 3.05) is 19.8 Å². The summed E-state index contributed by atoms with van der Waals surface area (Å²) in [5, 5.41) is 8.79. The molecule has 1 aliphatic rings. The van der Waals surface area contributed by atoms with Crippen molar-refractivity contribution in [3.8, 4) is 0 Å². The second-order valence-corrected chi connectivity index (χ2v) is 2.30. The van der Waals surface area contributed by atoms with E-state index in [1.807, 2.05) is 6.92 Å². The molecule has 3 heteroatoms. The second-order valence-electron chi connectivity index (χ2n) is 2.30. The number of ether oxygens (including phenoxy) is 2. The van der Waals surface area contributed by atoms with E-state index < -0.39 is 5.60 Å². The first kappa shape index (κ1) is 7.57. The fourth-order valence-corrected chi connectivity index (χ4v) is 0.733. The molecule has 0 aromatic heterocycles. The van der Waals surface area contributed by atoms with Crippen LogP contribution in [0.4, 0.5) is 0 Å². The van der Waals surface area contributed by atoms with Crippen molar-refractivity contribution >= 4 is 0 Å². The monoisotopic (exact) mass is 144 g/mol. The van der Waals surface area contributed by atoms with Crippen LogP contribution in [0.3, 0.4) is 0 Å². The largest absolute Gasteiger partial charge is 0.496 e. The van der Waals surface area contributed by atoms with Crippen LogP contribution in [0, 0.1) is 0 Å². The van der Waals surface area contributed by atoms with Crippen LogP contribution < -0.4 is 0 Å². The van der Waals surface area contributed by atoms with Crippen molar-refractivity contribution in [3.05, 3.63) is 12.3 Å². The third-order valence-electron chi connectivity index (χ3n) is 1.57. The van der Waals surface area contributed by atoms with Gasteiger partial charge in [0.25, 0.3) is 0 Å².